The summed E-state index contributed by atoms with van der Waals surface area (Å²) in [6, 6.07) is 7.11. The van der Waals surface area contributed by atoms with Gasteiger partial charge in [-0.15, -0.1) is 0 Å². The minimum absolute atomic E-state index is 0.0141. The van der Waals surface area contributed by atoms with Gasteiger partial charge in [0.1, 0.15) is 24.4 Å². The monoisotopic (exact) mass is 576 g/mol. The molecule has 0 aromatic heterocycles. The summed E-state index contributed by atoms with van der Waals surface area (Å²) < 4.78 is 45.5. The standard InChI is InChI=1S/C28H32O13/c1-34-17-4-11(5-18(35-2)26(17)36-3)20-12-6-15-16(39-10-38-15)7-13(12)25(14-9-37-27(33)21(14)20)41-28-24(32)23(31)22(30)19(8-29)40-28/h4-7,14,19-25,28-32H,8-10H2,1-3H3/t14-,19+,20-,21+,22-,23-,24-,25+,28+/m1/s1. The number of benzene rings is 2. The predicted octanol–water partition coefficient (Wildman–Crippen LogP) is 0.233. The zero-order valence-electron chi connectivity index (χ0n) is 22.6. The SMILES string of the molecule is COc1cc([C@@H]2c3cc4c(cc3[C@H](O[C@@H]3O[C@@H](CO)[C@@H](O)[C@@H](O)[C@H]3O)[C@@H]3COC(=O)[C@H]23)OCO4)cc(OC)c1OC. The van der Waals surface area contributed by atoms with E-state index in [4.69, 9.17) is 37.9 Å². The zero-order chi connectivity index (χ0) is 29.0. The molecule has 4 aliphatic rings. The van der Waals surface area contributed by atoms with Crippen LogP contribution in [0.2, 0.25) is 0 Å². The Bertz CT molecular complexity index is 1290. The van der Waals surface area contributed by atoms with Gasteiger partial charge in [0.05, 0.1) is 46.6 Å². The first-order valence-corrected chi connectivity index (χ1v) is 13.2. The Hall–Kier alpha value is -3.33. The van der Waals surface area contributed by atoms with E-state index in [0.29, 0.717) is 45.4 Å². The molecule has 222 valence electrons. The Morgan fingerprint density at radius 1 is 0.854 bits per heavy atom. The van der Waals surface area contributed by atoms with Crippen LogP contribution in [0.15, 0.2) is 24.3 Å². The average molecular weight is 577 g/mol. The summed E-state index contributed by atoms with van der Waals surface area (Å²) in [5.41, 5.74) is 2.00. The van der Waals surface area contributed by atoms with Crippen LogP contribution in [0.4, 0.5) is 0 Å². The van der Waals surface area contributed by atoms with E-state index in [-0.39, 0.29) is 13.4 Å². The second-order valence-corrected chi connectivity index (χ2v) is 10.3. The second kappa shape index (κ2) is 10.8. The van der Waals surface area contributed by atoms with E-state index in [1.807, 2.05) is 0 Å². The molecule has 9 atom stereocenters. The molecule has 2 saturated heterocycles. The number of ether oxygens (including phenoxy) is 8. The number of hydrogen-bond donors (Lipinski definition) is 4. The third-order valence-corrected chi connectivity index (χ3v) is 8.29. The van der Waals surface area contributed by atoms with Gasteiger partial charge in [-0.05, 0) is 41.0 Å². The summed E-state index contributed by atoms with van der Waals surface area (Å²) in [7, 11) is 4.51. The first-order chi connectivity index (χ1) is 19.8. The Labute approximate surface area is 235 Å². The van der Waals surface area contributed by atoms with Crippen molar-refractivity contribution in [3.05, 3.63) is 41.0 Å². The molecule has 3 heterocycles. The molecule has 0 saturated carbocycles. The third-order valence-electron chi connectivity index (χ3n) is 8.29. The summed E-state index contributed by atoms with van der Waals surface area (Å²) in [4.78, 5) is 13.4. The molecule has 2 aromatic carbocycles. The van der Waals surface area contributed by atoms with Gasteiger partial charge in [-0.2, -0.15) is 0 Å². The molecule has 0 radical (unpaired) electrons. The Balaban J connectivity index is 1.49. The topological polar surface area (TPSA) is 172 Å². The van der Waals surface area contributed by atoms with E-state index < -0.39 is 67.1 Å². The molecule has 6 rings (SSSR count). The van der Waals surface area contributed by atoms with E-state index in [1.165, 1.54) is 21.3 Å². The second-order valence-electron chi connectivity index (χ2n) is 10.3. The van der Waals surface area contributed by atoms with Crippen molar-refractivity contribution >= 4 is 5.97 Å². The van der Waals surface area contributed by atoms with Crippen molar-refractivity contribution in [1.82, 2.24) is 0 Å². The highest BCUT2D eigenvalue weighted by Crippen LogP contribution is 2.57. The predicted molar refractivity (Wildman–Crippen MR) is 136 cm³/mol. The summed E-state index contributed by atoms with van der Waals surface area (Å²) in [5.74, 6) is -0.112. The average Bonchev–Trinajstić information content (AvgIpc) is 3.61. The van der Waals surface area contributed by atoms with Gasteiger partial charge >= 0.3 is 5.97 Å². The lowest BCUT2D eigenvalue weighted by Crippen LogP contribution is -2.59. The maximum Gasteiger partial charge on any atom is 0.310 e. The Morgan fingerprint density at radius 2 is 1.51 bits per heavy atom. The van der Waals surface area contributed by atoms with Crippen LogP contribution in [-0.2, 0) is 19.0 Å². The molecular formula is C28H32O13. The highest BCUT2D eigenvalue weighted by molar-refractivity contribution is 5.79. The van der Waals surface area contributed by atoms with Gasteiger partial charge in [-0.3, -0.25) is 4.79 Å². The number of rotatable bonds is 7. The summed E-state index contributed by atoms with van der Waals surface area (Å²) in [6.07, 6.45) is -8.26. The first kappa shape index (κ1) is 27.8. The fraction of sp³-hybridized carbons (Fsp3) is 0.536. The van der Waals surface area contributed by atoms with Gasteiger partial charge in [0.2, 0.25) is 12.5 Å². The van der Waals surface area contributed by atoms with E-state index in [0.717, 1.165) is 0 Å². The van der Waals surface area contributed by atoms with E-state index >= 15 is 0 Å². The van der Waals surface area contributed by atoms with Gasteiger partial charge in [0.25, 0.3) is 0 Å². The van der Waals surface area contributed by atoms with Gasteiger partial charge in [-0.25, -0.2) is 0 Å². The number of cyclic esters (lactones) is 1. The van der Waals surface area contributed by atoms with Crippen LogP contribution in [0.1, 0.15) is 28.7 Å². The molecule has 4 N–H and O–H groups in total. The van der Waals surface area contributed by atoms with Crippen LogP contribution in [0.5, 0.6) is 28.7 Å². The molecular weight excluding hydrogens is 544 g/mol. The summed E-state index contributed by atoms with van der Waals surface area (Å²) in [6.45, 7) is -0.581. The number of aliphatic hydroxyl groups is 4. The molecule has 13 heteroatoms. The number of carbonyl (C=O) groups excluding carboxylic acids is 1. The molecule has 0 spiro atoms. The van der Waals surface area contributed by atoms with Gasteiger partial charge in [0.15, 0.2) is 29.3 Å². The fourth-order valence-electron chi connectivity index (χ4n) is 6.29. The number of methoxy groups -OCH3 is 3. The maximum atomic E-state index is 13.4. The van der Waals surface area contributed by atoms with Crippen molar-refractivity contribution in [2.24, 2.45) is 11.8 Å². The number of hydrogen-bond acceptors (Lipinski definition) is 13. The third kappa shape index (κ3) is 4.44. The largest absolute Gasteiger partial charge is 0.493 e. The number of fused-ring (bicyclic) bond motifs is 3. The normalized spacial score (nSPS) is 33.5. The molecule has 0 amide bonds. The van der Waals surface area contributed by atoms with Crippen LogP contribution in [-0.4, -0.2) is 98.4 Å². The number of esters is 1. The maximum absolute atomic E-state index is 13.4. The van der Waals surface area contributed by atoms with Crippen LogP contribution in [0, 0.1) is 11.8 Å². The highest BCUT2D eigenvalue weighted by Gasteiger charge is 2.55. The molecule has 2 fully saturated rings. The summed E-state index contributed by atoms with van der Waals surface area (Å²) in [5, 5.41) is 41.0. The van der Waals surface area contributed by atoms with Gasteiger partial charge < -0.3 is 58.3 Å². The highest BCUT2D eigenvalue weighted by atomic mass is 16.7. The fourth-order valence-corrected chi connectivity index (χ4v) is 6.29. The van der Waals surface area contributed by atoms with Crippen LogP contribution in [0.25, 0.3) is 0 Å². The lowest BCUT2D eigenvalue weighted by molar-refractivity contribution is -0.317. The molecule has 3 aliphatic heterocycles. The number of carbonyl (C=O) groups is 1. The lowest BCUT2D eigenvalue weighted by atomic mass is 9.66. The van der Waals surface area contributed by atoms with E-state index in [9.17, 15) is 25.2 Å². The van der Waals surface area contributed by atoms with Crippen molar-refractivity contribution in [2.75, 3.05) is 41.3 Å². The smallest absolute Gasteiger partial charge is 0.310 e. The molecule has 0 unspecified atom stereocenters. The van der Waals surface area contributed by atoms with E-state index in [1.54, 1.807) is 24.3 Å². The van der Waals surface area contributed by atoms with Crippen molar-refractivity contribution in [3.63, 3.8) is 0 Å². The van der Waals surface area contributed by atoms with Gasteiger partial charge in [0, 0.05) is 11.8 Å². The summed E-state index contributed by atoms with van der Waals surface area (Å²) >= 11 is 0. The quantitative estimate of drug-likeness (QED) is 0.331. The first-order valence-electron chi connectivity index (χ1n) is 13.2. The van der Waals surface area contributed by atoms with Crippen molar-refractivity contribution in [1.29, 1.82) is 0 Å². The van der Waals surface area contributed by atoms with Crippen molar-refractivity contribution in [2.45, 2.75) is 42.7 Å². The molecule has 13 nitrogen and oxygen atoms in total. The minimum Gasteiger partial charge on any atom is -0.493 e. The van der Waals surface area contributed by atoms with Crippen LogP contribution in [0.3, 0.4) is 0 Å². The van der Waals surface area contributed by atoms with Gasteiger partial charge in [-0.1, -0.05) is 0 Å². The number of aliphatic hydroxyl groups excluding tert-OH is 4. The Morgan fingerprint density at radius 3 is 2.12 bits per heavy atom. The lowest BCUT2D eigenvalue weighted by Gasteiger charge is -2.44. The Kier molecular flexibility index (Phi) is 7.34. The van der Waals surface area contributed by atoms with Crippen LogP contribution < -0.4 is 23.7 Å². The minimum atomic E-state index is -1.63. The van der Waals surface area contributed by atoms with Crippen molar-refractivity contribution < 1.29 is 63.1 Å². The molecule has 41 heavy (non-hydrogen) atoms. The van der Waals surface area contributed by atoms with Crippen LogP contribution >= 0.6 is 0 Å². The zero-order valence-corrected chi connectivity index (χ0v) is 22.6. The van der Waals surface area contributed by atoms with E-state index in [2.05, 4.69) is 0 Å². The molecule has 1 aliphatic carbocycles. The molecule has 0 bridgehead atoms. The van der Waals surface area contributed by atoms with Crippen molar-refractivity contribution in [3.8, 4) is 28.7 Å². The molecule has 2 aromatic rings.